The molecule has 0 saturated heterocycles. The molecule has 0 fully saturated rings. The Hall–Kier alpha value is -2.30. The van der Waals surface area contributed by atoms with Crippen LogP contribution < -0.4 is 5.32 Å². The zero-order valence-electron chi connectivity index (χ0n) is 13.3. The Morgan fingerprint density at radius 1 is 1.36 bits per heavy atom. The monoisotopic (exact) mass is 303 g/mol. The van der Waals surface area contributed by atoms with Gasteiger partial charge in [-0.2, -0.15) is 0 Å². The Labute approximate surface area is 129 Å². The molecule has 22 heavy (non-hydrogen) atoms. The molecule has 1 heterocycles. The Kier molecular flexibility index (Phi) is 4.26. The lowest BCUT2D eigenvalue weighted by atomic mass is 9.85. The normalized spacial score (nSPS) is 14.0. The Bertz CT molecular complexity index is 717. The van der Waals surface area contributed by atoms with Crippen LogP contribution >= 0.6 is 0 Å². The molecule has 1 atom stereocenters. The first kappa shape index (κ1) is 16.1. The standard InChI is InChI=1S/C17H21NO4/c1-10(2)17(4,9-14(19)20)18-16(21)13-8-12-7-5-6-11(3)15(12)22-13/h5-8,10H,9H2,1-4H3,(H,18,21)(H,19,20). The number of furan rings is 1. The van der Waals surface area contributed by atoms with Gasteiger partial charge in [0.1, 0.15) is 5.58 Å². The molecule has 0 radical (unpaired) electrons. The first-order valence-electron chi connectivity index (χ1n) is 7.26. The second kappa shape index (κ2) is 5.83. The van der Waals surface area contributed by atoms with E-state index in [1.807, 2.05) is 39.0 Å². The van der Waals surface area contributed by atoms with Crippen molar-refractivity contribution in [1.82, 2.24) is 5.32 Å². The maximum atomic E-state index is 12.4. The zero-order valence-corrected chi connectivity index (χ0v) is 13.3. The fourth-order valence-electron chi connectivity index (χ4n) is 2.35. The van der Waals surface area contributed by atoms with E-state index in [-0.39, 0.29) is 18.1 Å². The third-order valence-electron chi connectivity index (χ3n) is 4.16. The van der Waals surface area contributed by atoms with E-state index in [2.05, 4.69) is 5.32 Å². The lowest BCUT2D eigenvalue weighted by Gasteiger charge is -2.33. The maximum Gasteiger partial charge on any atom is 0.305 e. The van der Waals surface area contributed by atoms with Crippen molar-refractivity contribution in [1.29, 1.82) is 0 Å². The molecule has 0 aliphatic carbocycles. The molecule has 118 valence electrons. The number of rotatable bonds is 5. The highest BCUT2D eigenvalue weighted by Gasteiger charge is 2.33. The predicted octanol–water partition coefficient (Wildman–Crippen LogP) is 3.36. The van der Waals surface area contributed by atoms with Gasteiger partial charge in [-0.1, -0.05) is 32.0 Å². The highest BCUT2D eigenvalue weighted by atomic mass is 16.4. The SMILES string of the molecule is Cc1cccc2cc(C(=O)NC(C)(CC(=O)O)C(C)C)oc12. The molecule has 5 nitrogen and oxygen atoms in total. The van der Waals surface area contributed by atoms with Crippen LogP contribution in [0.15, 0.2) is 28.7 Å². The molecular weight excluding hydrogens is 282 g/mol. The van der Waals surface area contributed by atoms with E-state index >= 15 is 0 Å². The minimum absolute atomic E-state index is 0.0290. The van der Waals surface area contributed by atoms with Crippen molar-refractivity contribution >= 4 is 22.8 Å². The molecule has 1 amide bonds. The lowest BCUT2D eigenvalue weighted by Crippen LogP contribution is -2.51. The van der Waals surface area contributed by atoms with Crippen LogP contribution in [0, 0.1) is 12.8 Å². The smallest absolute Gasteiger partial charge is 0.305 e. The summed E-state index contributed by atoms with van der Waals surface area (Å²) in [5.74, 6) is -1.18. The number of carboxylic acid groups (broad SMARTS) is 1. The summed E-state index contributed by atoms with van der Waals surface area (Å²) >= 11 is 0. The van der Waals surface area contributed by atoms with Crippen molar-refractivity contribution in [3.63, 3.8) is 0 Å². The molecule has 1 aromatic carbocycles. The molecule has 1 unspecified atom stereocenters. The number of hydrogen-bond donors (Lipinski definition) is 2. The Morgan fingerprint density at radius 2 is 2.05 bits per heavy atom. The molecule has 0 saturated carbocycles. The maximum absolute atomic E-state index is 12.4. The number of amides is 1. The number of para-hydroxylation sites is 1. The summed E-state index contributed by atoms with van der Waals surface area (Å²) in [6.45, 7) is 7.41. The van der Waals surface area contributed by atoms with Crippen LogP contribution in [0.25, 0.3) is 11.0 Å². The van der Waals surface area contributed by atoms with E-state index in [9.17, 15) is 9.59 Å². The van der Waals surface area contributed by atoms with Crippen LogP contribution in [0.5, 0.6) is 0 Å². The molecule has 0 spiro atoms. The van der Waals surface area contributed by atoms with Gasteiger partial charge in [-0.05, 0) is 31.4 Å². The van der Waals surface area contributed by atoms with E-state index in [4.69, 9.17) is 9.52 Å². The van der Waals surface area contributed by atoms with Gasteiger partial charge in [-0.15, -0.1) is 0 Å². The Balaban J connectivity index is 2.29. The minimum atomic E-state index is -0.947. The second-order valence-electron chi connectivity index (χ2n) is 6.20. The first-order chi connectivity index (χ1) is 10.2. The average molecular weight is 303 g/mol. The van der Waals surface area contributed by atoms with Crippen LogP contribution in [0.1, 0.15) is 43.3 Å². The summed E-state index contributed by atoms with van der Waals surface area (Å²) < 4.78 is 5.63. The van der Waals surface area contributed by atoms with Crippen molar-refractivity contribution in [2.45, 2.75) is 39.7 Å². The Morgan fingerprint density at radius 3 is 2.59 bits per heavy atom. The van der Waals surface area contributed by atoms with Gasteiger partial charge in [0.05, 0.1) is 12.0 Å². The van der Waals surface area contributed by atoms with Crippen molar-refractivity contribution < 1.29 is 19.1 Å². The van der Waals surface area contributed by atoms with Crippen LogP contribution in [-0.4, -0.2) is 22.5 Å². The van der Waals surface area contributed by atoms with E-state index in [0.29, 0.717) is 5.58 Å². The number of carbonyl (C=O) groups is 2. The van der Waals surface area contributed by atoms with Crippen LogP contribution in [0.2, 0.25) is 0 Å². The number of carbonyl (C=O) groups excluding carboxylic acids is 1. The molecule has 2 aromatic rings. The lowest BCUT2D eigenvalue weighted by molar-refractivity contribution is -0.138. The van der Waals surface area contributed by atoms with Gasteiger partial charge in [0.2, 0.25) is 0 Å². The number of benzene rings is 1. The number of aliphatic carboxylic acids is 1. The number of nitrogens with one attached hydrogen (secondary N) is 1. The molecular formula is C17H21NO4. The summed E-state index contributed by atoms with van der Waals surface area (Å²) in [6.07, 6.45) is -0.143. The molecule has 1 aromatic heterocycles. The fourth-order valence-corrected chi connectivity index (χ4v) is 2.35. The van der Waals surface area contributed by atoms with E-state index < -0.39 is 17.4 Å². The third-order valence-corrected chi connectivity index (χ3v) is 4.16. The number of hydrogen-bond acceptors (Lipinski definition) is 3. The van der Waals surface area contributed by atoms with Gasteiger partial charge >= 0.3 is 5.97 Å². The molecule has 0 aliphatic heterocycles. The number of carboxylic acids is 1. The first-order valence-corrected chi connectivity index (χ1v) is 7.26. The molecule has 5 heteroatoms. The molecule has 2 rings (SSSR count). The van der Waals surface area contributed by atoms with Crippen LogP contribution in [0.4, 0.5) is 0 Å². The molecule has 0 bridgehead atoms. The quantitative estimate of drug-likeness (QED) is 0.887. The van der Waals surface area contributed by atoms with Crippen molar-refractivity contribution in [2.24, 2.45) is 5.92 Å². The predicted molar refractivity (Wildman–Crippen MR) is 83.9 cm³/mol. The topological polar surface area (TPSA) is 79.5 Å². The van der Waals surface area contributed by atoms with Crippen molar-refractivity contribution in [3.05, 3.63) is 35.6 Å². The summed E-state index contributed by atoms with van der Waals surface area (Å²) in [6, 6.07) is 7.37. The molecule has 2 N–H and O–H groups in total. The highest BCUT2D eigenvalue weighted by Crippen LogP contribution is 2.25. The van der Waals surface area contributed by atoms with Crippen LogP contribution in [0.3, 0.4) is 0 Å². The van der Waals surface area contributed by atoms with Gasteiger partial charge in [-0.25, -0.2) is 0 Å². The highest BCUT2D eigenvalue weighted by molar-refractivity contribution is 5.97. The largest absolute Gasteiger partial charge is 0.481 e. The third kappa shape index (κ3) is 3.13. The summed E-state index contributed by atoms with van der Waals surface area (Å²) in [4.78, 5) is 23.5. The van der Waals surface area contributed by atoms with E-state index in [1.54, 1.807) is 13.0 Å². The zero-order chi connectivity index (χ0) is 16.5. The van der Waals surface area contributed by atoms with Gasteiger partial charge < -0.3 is 14.8 Å². The minimum Gasteiger partial charge on any atom is -0.481 e. The summed E-state index contributed by atoms with van der Waals surface area (Å²) in [5.41, 5.74) is 0.794. The van der Waals surface area contributed by atoms with E-state index in [0.717, 1.165) is 10.9 Å². The fraction of sp³-hybridized carbons (Fsp3) is 0.412. The number of aryl methyl sites for hydroxylation is 1. The summed E-state index contributed by atoms with van der Waals surface area (Å²) in [5, 5.41) is 12.7. The van der Waals surface area contributed by atoms with Gasteiger partial charge in [0, 0.05) is 5.39 Å². The van der Waals surface area contributed by atoms with Crippen molar-refractivity contribution in [3.8, 4) is 0 Å². The van der Waals surface area contributed by atoms with Crippen molar-refractivity contribution in [2.75, 3.05) is 0 Å². The van der Waals surface area contributed by atoms with E-state index in [1.165, 1.54) is 0 Å². The second-order valence-corrected chi connectivity index (χ2v) is 6.20. The molecule has 0 aliphatic rings. The van der Waals surface area contributed by atoms with Gasteiger partial charge in [-0.3, -0.25) is 9.59 Å². The van der Waals surface area contributed by atoms with Gasteiger partial charge in [0.25, 0.3) is 5.91 Å². The number of fused-ring (bicyclic) bond motifs is 1. The average Bonchev–Trinajstić information content (AvgIpc) is 2.83. The van der Waals surface area contributed by atoms with Gasteiger partial charge in [0.15, 0.2) is 5.76 Å². The summed E-state index contributed by atoms with van der Waals surface area (Å²) in [7, 11) is 0. The van der Waals surface area contributed by atoms with Crippen LogP contribution in [-0.2, 0) is 4.79 Å².